The fourth-order valence-electron chi connectivity index (χ4n) is 5.02. The van der Waals surface area contributed by atoms with Crippen molar-refractivity contribution in [2.24, 2.45) is 23.7 Å². The zero-order valence-electron chi connectivity index (χ0n) is 21.2. The Morgan fingerprint density at radius 2 is 1.69 bits per heavy atom. The van der Waals surface area contributed by atoms with Crippen molar-refractivity contribution in [3.63, 3.8) is 0 Å². The number of hydrogen-bond acceptors (Lipinski definition) is 7. The molecule has 0 radical (unpaired) electrons. The molecule has 0 bridgehead atoms. The predicted molar refractivity (Wildman–Crippen MR) is 129 cm³/mol. The number of nitrogens with zero attached hydrogens (tertiary/aromatic N) is 2. The molecule has 1 N–H and O–H groups in total. The summed E-state index contributed by atoms with van der Waals surface area (Å²) in [4.78, 5) is 52.1. The van der Waals surface area contributed by atoms with E-state index in [-0.39, 0.29) is 49.8 Å². The van der Waals surface area contributed by atoms with Gasteiger partial charge in [-0.05, 0) is 30.6 Å². The van der Waals surface area contributed by atoms with Crippen molar-refractivity contribution in [3.05, 3.63) is 0 Å². The highest BCUT2D eigenvalue weighted by molar-refractivity contribution is 5.82. The first-order valence-corrected chi connectivity index (χ1v) is 12.8. The second kappa shape index (κ2) is 12.9. The van der Waals surface area contributed by atoms with Gasteiger partial charge in [0.15, 0.2) is 0 Å². The van der Waals surface area contributed by atoms with Crippen LogP contribution in [0.1, 0.15) is 52.9 Å². The molecule has 1 heterocycles. The van der Waals surface area contributed by atoms with E-state index in [2.05, 4.69) is 17.2 Å². The monoisotopic (exact) mass is 489 g/mol. The predicted octanol–water partition coefficient (Wildman–Crippen LogP) is 1.84. The molecule has 3 aliphatic rings. The SMILES string of the molecule is CC(=O)OCC1CN(C(=O)CCNC(=O)OCC2[C@H]3CCC#CCC[C@@H]23)CCN1CC(=O)C(C)C. The lowest BCUT2D eigenvalue weighted by molar-refractivity contribution is -0.145. The summed E-state index contributed by atoms with van der Waals surface area (Å²) in [6, 6.07) is -0.238. The van der Waals surface area contributed by atoms with Crippen LogP contribution in [-0.4, -0.2) is 85.5 Å². The van der Waals surface area contributed by atoms with Crippen LogP contribution in [0.25, 0.3) is 0 Å². The summed E-state index contributed by atoms with van der Waals surface area (Å²) in [5.41, 5.74) is 0. The first-order chi connectivity index (χ1) is 16.8. The van der Waals surface area contributed by atoms with Crippen molar-refractivity contribution in [2.45, 2.75) is 58.9 Å². The Hall–Kier alpha value is -2.60. The molecular weight excluding hydrogens is 450 g/mol. The van der Waals surface area contributed by atoms with Crippen molar-refractivity contribution in [1.82, 2.24) is 15.1 Å². The Morgan fingerprint density at radius 1 is 1.00 bits per heavy atom. The van der Waals surface area contributed by atoms with Crippen LogP contribution in [0.2, 0.25) is 0 Å². The first-order valence-electron chi connectivity index (χ1n) is 12.8. The maximum atomic E-state index is 12.7. The molecule has 2 unspecified atom stereocenters. The van der Waals surface area contributed by atoms with Crippen molar-refractivity contribution in [3.8, 4) is 11.8 Å². The molecule has 9 nitrogen and oxygen atoms in total. The number of carbonyl (C=O) groups is 4. The molecule has 0 aromatic rings. The fraction of sp³-hybridized carbons (Fsp3) is 0.769. The highest BCUT2D eigenvalue weighted by atomic mass is 16.5. The molecule has 2 amide bonds. The Balaban J connectivity index is 1.37. The van der Waals surface area contributed by atoms with E-state index < -0.39 is 12.1 Å². The molecule has 2 aliphatic carbocycles. The number of alkyl carbamates (subject to hydrolysis) is 1. The van der Waals surface area contributed by atoms with Crippen LogP contribution in [0, 0.1) is 35.5 Å². The molecule has 0 aromatic heterocycles. The van der Waals surface area contributed by atoms with Crippen LogP contribution in [0.5, 0.6) is 0 Å². The molecule has 2 fully saturated rings. The number of ketones is 1. The highest BCUT2D eigenvalue weighted by Gasteiger charge is 2.49. The maximum absolute atomic E-state index is 12.7. The topological polar surface area (TPSA) is 105 Å². The minimum Gasteiger partial charge on any atom is -0.464 e. The lowest BCUT2D eigenvalue weighted by Crippen LogP contribution is -2.58. The number of ether oxygens (including phenoxy) is 2. The van der Waals surface area contributed by atoms with Crippen molar-refractivity contribution in [1.29, 1.82) is 0 Å². The zero-order chi connectivity index (χ0) is 25.4. The molecule has 1 saturated heterocycles. The quantitative estimate of drug-likeness (QED) is 0.369. The Morgan fingerprint density at radius 3 is 2.31 bits per heavy atom. The van der Waals surface area contributed by atoms with Gasteiger partial charge < -0.3 is 19.7 Å². The minimum absolute atomic E-state index is 0.0816. The molecule has 194 valence electrons. The Labute approximate surface area is 208 Å². The number of esters is 1. The minimum atomic E-state index is -0.488. The number of nitrogens with one attached hydrogen (secondary N) is 1. The summed E-state index contributed by atoms with van der Waals surface area (Å²) < 4.78 is 10.6. The van der Waals surface area contributed by atoms with Crippen LogP contribution in [0.15, 0.2) is 0 Å². The van der Waals surface area contributed by atoms with Gasteiger partial charge in [-0.2, -0.15) is 0 Å². The van der Waals surface area contributed by atoms with Gasteiger partial charge in [0.1, 0.15) is 12.4 Å². The molecule has 0 aromatic carbocycles. The number of Topliss-reactive ketones (excluding diaryl/α,β-unsaturated/α-hetero) is 1. The number of fused-ring (bicyclic) bond motifs is 1. The van der Waals surface area contributed by atoms with Gasteiger partial charge in [0.2, 0.25) is 5.91 Å². The smallest absolute Gasteiger partial charge is 0.407 e. The number of rotatable bonds is 10. The molecule has 1 saturated carbocycles. The van der Waals surface area contributed by atoms with Gasteiger partial charge in [0, 0.05) is 58.3 Å². The Bertz CT molecular complexity index is 830. The summed E-state index contributed by atoms with van der Waals surface area (Å²) in [5, 5.41) is 2.68. The average Bonchev–Trinajstić information content (AvgIpc) is 3.45. The van der Waals surface area contributed by atoms with Crippen LogP contribution in [-0.2, 0) is 23.9 Å². The summed E-state index contributed by atoms with van der Waals surface area (Å²) in [6.07, 6.45) is 3.69. The molecular formula is C26H39N3O6. The molecule has 35 heavy (non-hydrogen) atoms. The molecule has 4 atom stereocenters. The van der Waals surface area contributed by atoms with Gasteiger partial charge in [-0.3, -0.25) is 19.3 Å². The number of piperazine rings is 1. The van der Waals surface area contributed by atoms with Crippen LogP contribution in [0.4, 0.5) is 4.79 Å². The van der Waals surface area contributed by atoms with E-state index in [4.69, 9.17) is 9.47 Å². The molecule has 3 rings (SSSR count). The van der Waals surface area contributed by atoms with Crippen molar-refractivity contribution < 1.29 is 28.7 Å². The highest BCUT2D eigenvalue weighted by Crippen LogP contribution is 2.52. The second-order valence-corrected chi connectivity index (χ2v) is 10.1. The second-order valence-electron chi connectivity index (χ2n) is 10.1. The lowest BCUT2D eigenvalue weighted by Gasteiger charge is -2.41. The normalized spacial score (nSPS) is 25.9. The molecule has 0 spiro atoms. The summed E-state index contributed by atoms with van der Waals surface area (Å²) >= 11 is 0. The van der Waals surface area contributed by atoms with E-state index in [9.17, 15) is 19.2 Å². The number of carbonyl (C=O) groups excluding carboxylic acids is 4. The van der Waals surface area contributed by atoms with E-state index in [1.54, 1.807) is 4.90 Å². The van der Waals surface area contributed by atoms with Gasteiger partial charge in [-0.15, -0.1) is 11.8 Å². The average molecular weight is 490 g/mol. The largest absolute Gasteiger partial charge is 0.464 e. The van der Waals surface area contributed by atoms with Crippen molar-refractivity contribution >= 4 is 23.8 Å². The van der Waals surface area contributed by atoms with Crippen molar-refractivity contribution in [2.75, 3.05) is 45.9 Å². The summed E-state index contributed by atoms with van der Waals surface area (Å²) in [6.45, 7) is 7.46. The first kappa shape index (κ1) is 27.0. The van der Waals surface area contributed by atoms with Gasteiger partial charge >= 0.3 is 12.1 Å². The van der Waals surface area contributed by atoms with Gasteiger partial charge in [-0.25, -0.2) is 4.79 Å². The van der Waals surface area contributed by atoms with Gasteiger partial charge in [0.25, 0.3) is 0 Å². The third-order valence-electron chi connectivity index (χ3n) is 7.29. The molecule has 9 heteroatoms. The zero-order valence-corrected chi connectivity index (χ0v) is 21.2. The van der Waals surface area contributed by atoms with E-state index in [1.165, 1.54) is 6.92 Å². The third kappa shape index (κ3) is 8.24. The van der Waals surface area contributed by atoms with E-state index in [1.807, 2.05) is 18.7 Å². The van der Waals surface area contributed by atoms with E-state index in [0.717, 1.165) is 25.7 Å². The number of amides is 2. The van der Waals surface area contributed by atoms with Gasteiger partial charge in [-0.1, -0.05) is 13.8 Å². The van der Waals surface area contributed by atoms with Crippen LogP contribution in [0.3, 0.4) is 0 Å². The Kier molecular flexibility index (Phi) is 9.96. The third-order valence-corrected chi connectivity index (χ3v) is 7.29. The summed E-state index contributed by atoms with van der Waals surface area (Å²) in [7, 11) is 0. The maximum Gasteiger partial charge on any atom is 0.407 e. The summed E-state index contributed by atoms with van der Waals surface area (Å²) in [5.74, 6) is 7.58. The van der Waals surface area contributed by atoms with E-state index in [0.29, 0.717) is 44.0 Å². The van der Waals surface area contributed by atoms with Crippen LogP contribution < -0.4 is 5.32 Å². The van der Waals surface area contributed by atoms with Crippen LogP contribution >= 0.6 is 0 Å². The van der Waals surface area contributed by atoms with E-state index >= 15 is 0 Å². The van der Waals surface area contributed by atoms with Gasteiger partial charge in [0.05, 0.1) is 19.2 Å². The standard InChI is InChI=1S/C26H39N3O6/c1-18(2)24(31)15-28-12-13-29(14-20(28)16-34-19(3)30)25(32)10-11-27-26(33)35-17-23-21-8-6-4-5-7-9-22(21)23/h18,20-23H,6-17H2,1-3H3,(H,27,33)/t20?,21-,22+,23?. The lowest BCUT2D eigenvalue weighted by atomic mass is 10.1. The molecule has 1 aliphatic heterocycles. The fourth-order valence-corrected chi connectivity index (χ4v) is 5.02. The number of hydrogen-bond donors (Lipinski definition) is 1.